The Morgan fingerprint density at radius 1 is 1.41 bits per heavy atom. The van der Waals surface area contributed by atoms with Crippen LogP contribution in [0, 0.1) is 5.92 Å². The lowest BCUT2D eigenvalue weighted by atomic mass is 9.89. The molecule has 0 bridgehead atoms. The van der Waals surface area contributed by atoms with Gasteiger partial charge in [-0.05, 0) is 56.7 Å². The number of carbonyl (C=O) groups excluding carboxylic acids is 1. The van der Waals surface area contributed by atoms with Crippen LogP contribution in [0.25, 0.3) is 10.2 Å². The lowest BCUT2D eigenvalue weighted by Crippen LogP contribution is -2.32. The molecular formula is C22H25N3O3S. The number of rotatable bonds is 5. The van der Waals surface area contributed by atoms with Gasteiger partial charge in [0.15, 0.2) is 0 Å². The summed E-state index contributed by atoms with van der Waals surface area (Å²) in [6.07, 6.45) is 4.48. The van der Waals surface area contributed by atoms with E-state index < -0.39 is 6.04 Å². The van der Waals surface area contributed by atoms with Crippen molar-refractivity contribution >= 4 is 33.1 Å². The number of benzene rings is 1. The topological polar surface area (TPSA) is 73.2 Å². The predicted molar refractivity (Wildman–Crippen MR) is 116 cm³/mol. The Morgan fingerprint density at radius 2 is 2.21 bits per heavy atom. The highest BCUT2D eigenvalue weighted by Crippen LogP contribution is 2.35. The maximum Gasteiger partial charge on any atom is 0.263 e. The molecule has 1 amide bonds. The second-order valence-electron chi connectivity index (χ2n) is 7.58. The molecule has 2 heterocycles. The van der Waals surface area contributed by atoms with Gasteiger partial charge < -0.3 is 10.1 Å². The number of ether oxygens (including phenoxy) is 1. The summed E-state index contributed by atoms with van der Waals surface area (Å²) in [6.45, 7) is 6.36. The number of aryl methyl sites for hydroxylation is 1. The van der Waals surface area contributed by atoms with Gasteiger partial charge >= 0.3 is 0 Å². The van der Waals surface area contributed by atoms with Gasteiger partial charge in [0, 0.05) is 4.88 Å². The zero-order valence-corrected chi connectivity index (χ0v) is 17.7. The second kappa shape index (κ2) is 7.99. The molecule has 2 atom stereocenters. The van der Waals surface area contributed by atoms with E-state index in [1.54, 1.807) is 24.3 Å². The fraction of sp³-hybridized carbons (Fsp3) is 0.409. The predicted octanol–water partition coefficient (Wildman–Crippen LogP) is 4.18. The number of aromatic nitrogens is 2. The van der Waals surface area contributed by atoms with E-state index in [0.29, 0.717) is 29.3 Å². The normalized spacial score (nSPS) is 17.0. The number of fused-ring (bicyclic) bond motifs is 3. The van der Waals surface area contributed by atoms with Crippen LogP contribution in [0.2, 0.25) is 0 Å². The van der Waals surface area contributed by atoms with Crippen molar-refractivity contribution in [3.8, 4) is 5.75 Å². The van der Waals surface area contributed by atoms with Gasteiger partial charge in [-0.1, -0.05) is 19.1 Å². The first kappa shape index (κ1) is 19.6. The van der Waals surface area contributed by atoms with Crippen LogP contribution >= 0.6 is 11.3 Å². The van der Waals surface area contributed by atoms with Crippen molar-refractivity contribution in [1.29, 1.82) is 0 Å². The van der Waals surface area contributed by atoms with E-state index in [1.165, 1.54) is 15.8 Å². The molecule has 0 radical (unpaired) electrons. The summed E-state index contributed by atoms with van der Waals surface area (Å²) in [5.74, 6) is 0.962. The largest absolute Gasteiger partial charge is 0.492 e. The molecule has 0 fully saturated rings. The summed E-state index contributed by atoms with van der Waals surface area (Å²) in [6, 6.07) is 6.60. The molecule has 1 aliphatic rings. The summed E-state index contributed by atoms with van der Waals surface area (Å²) < 4.78 is 7.01. The van der Waals surface area contributed by atoms with Gasteiger partial charge in [0.2, 0.25) is 5.91 Å². The highest BCUT2D eigenvalue weighted by Gasteiger charge is 2.25. The Kier molecular flexibility index (Phi) is 5.41. The molecule has 0 spiro atoms. The first-order valence-electron chi connectivity index (χ1n) is 10.0. The van der Waals surface area contributed by atoms with E-state index in [1.807, 2.05) is 25.1 Å². The summed E-state index contributed by atoms with van der Waals surface area (Å²) >= 11 is 1.61. The molecule has 152 valence electrons. The molecule has 0 aliphatic heterocycles. The van der Waals surface area contributed by atoms with Crippen molar-refractivity contribution in [2.24, 2.45) is 5.92 Å². The minimum atomic E-state index is -0.688. The molecule has 2 aromatic heterocycles. The quantitative estimate of drug-likeness (QED) is 0.684. The lowest BCUT2D eigenvalue weighted by molar-refractivity contribution is -0.118. The number of hydrogen-bond donors (Lipinski definition) is 1. The molecule has 7 heteroatoms. The van der Waals surface area contributed by atoms with Crippen molar-refractivity contribution in [3.63, 3.8) is 0 Å². The Morgan fingerprint density at radius 3 is 3.00 bits per heavy atom. The van der Waals surface area contributed by atoms with E-state index in [4.69, 9.17) is 4.74 Å². The van der Waals surface area contributed by atoms with Crippen molar-refractivity contribution in [2.75, 3.05) is 11.9 Å². The number of para-hydroxylation sites is 2. The molecule has 29 heavy (non-hydrogen) atoms. The third-order valence-electron chi connectivity index (χ3n) is 5.48. The minimum Gasteiger partial charge on any atom is -0.492 e. The lowest BCUT2D eigenvalue weighted by Gasteiger charge is -2.18. The van der Waals surface area contributed by atoms with E-state index in [0.717, 1.165) is 29.7 Å². The second-order valence-corrected chi connectivity index (χ2v) is 8.67. The first-order valence-corrected chi connectivity index (χ1v) is 10.8. The summed E-state index contributed by atoms with van der Waals surface area (Å²) in [5, 5.41) is 3.57. The number of thiophene rings is 1. The third kappa shape index (κ3) is 3.67. The van der Waals surface area contributed by atoms with Crippen LogP contribution in [-0.2, 0) is 17.6 Å². The van der Waals surface area contributed by atoms with Crippen LogP contribution in [0.4, 0.5) is 5.69 Å². The first-order chi connectivity index (χ1) is 14.0. The van der Waals surface area contributed by atoms with E-state index >= 15 is 0 Å². The Labute approximate surface area is 173 Å². The number of nitrogens with zero attached hydrogens (tertiary/aromatic N) is 2. The third-order valence-corrected chi connectivity index (χ3v) is 6.64. The van der Waals surface area contributed by atoms with E-state index in [-0.39, 0.29) is 11.5 Å². The van der Waals surface area contributed by atoms with Gasteiger partial charge in [0.25, 0.3) is 5.56 Å². The van der Waals surface area contributed by atoms with Crippen molar-refractivity contribution in [3.05, 3.63) is 51.4 Å². The summed E-state index contributed by atoms with van der Waals surface area (Å²) in [5.41, 5.74) is 1.59. The number of nitrogens with one attached hydrogen (secondary N) is 1. The average Bonchev–Trinajstić information content (AvgIpc) is 3.07. The van der Waals surface area contributed by atoms with Crippen molar-refractivity contribution in [1.82, 2.24) is 9.55 Å². The Bertz CT molecular complexity index is 1120. The van der Waals surface area contributed by atoms with Crippen LogP contribution < -0.4 is 15.6 Å². The van der Waals surface area contributed by atoms with Gasteiger partial charge in [0.1, 0.15) is 16.6 Å². The standard InChI is InChI=1S/C22H25N3O3S/c1-4-28-17-8-6-5-7-16(17)24-20(26)14(3)25-12-23-21-19(22(25)27)15-10-9-13(2)11-18(15)29-21/h5-8,12-14H,4,9-11H2,1-3H3,(H,24,26)/t13-,14+/m1/s1. The molecule has 1 N–H and O–H groups in total. The molecule has 4 rings (SSSR count). The number of amides is 1. The minimum absolute atomic E-state index is 0.136. The number of hydrogen-bond acceptors (Lipinski definition) is 5. The summed E-state index contributed by atoms with van der Waals surface area (Å²) in [4.78, 5) is 32.7. The molecule has 0 saturated carbocycles. The van der Waals surface area contributed by atoms with Crippen LogP contribution in [0.1, 0.15) is 43.7 Å². The smallest absolute Gasteiger partial charge is 0.263 e. The number of anilines is 1. The molecule has 1 aliphatic carbocycles. The zero-order chi connectivity index (χ0) is 20.5. The fourth-order valence-electron chi connectivity index (χ4n) is 3.83. The van der Waals surface area contributed by atoms with Crippen LogP contribution in [0.3, 0.4) is 0 Å². The Balaban J connectivity index is 1.65. The van der Waals surface area contributed by atoms with Gasteiger partial charge in [0.05, 0.1) is 24.0 Å². The maximum absolute atomic E-state index is 13.2. The summed E-state index contributed by atoms with van der Waals surface area (Å²) in [7, 11) is 0. The Hall–Kier alpha value is -2.67. The highest BCUT2D eigenvalue weighted by atomic mass is 32.1. The van der Waals surface area contributed by atoms with Gasteiger partial charge in [-0.3, -0.25) is 14.2 Å². The highest BCUT2D eigenvalue weighted by molar-refractivity contribution is 7.18. The zero-order valence-electron chi connectivity index (χ0n) is 16.9. The average molecular weight is 412 g/mol. The SMILES string of the molecule is CCOc1ccccc1NC(=O)[C@H](C)n1cnc2sc3c(c2c1=O)CC[C@@H](C)C3. The fourth-order valence-corrected chi connectivity index (χ4v) is 5.18. The van der Waals surface area contributed by atoms with Crippen LogP contribution in [0.15, 0.2) is 35.4 Å². The van der Waals surface area contributed by atoms with E-state index in [9.17, 15) is 9.59 Å². The van der Waals surface area contributed by atoms with E-state index in [2.05, 4.69) is 17.2 Å². The molecular weight excluding hydrogens is 386 g/mol. The van der Waals surface area contributed by atoms with Gasteiger partial charge in [-0.2, -0.15) is 0 Å². The maximum atomic E-state index is 13.2. The molecule has 3 aromatic rings. The van der Waals surface area contributed by atoms with Gasteiger partial charge in [-0.15, -0.1) is 11.3 Å². The molecule has 6 nitrogen and oxygen atoms in total. The van der Waals surface area contributed by atoms with Crippen molar-refractivity contribution < 1.29 is 9.53 Å². The monoisotopic (exact) mass is 411 g/mol. The molecule has 1 aromatic carbocycles. The van der Waals surface area contributed by atoms with Crippen LogP contribution in [0.5, 0.6) is 5.75 Å². The molecule has 0 saturated heterocycles. The van der Waals surface area contributed by atoms with Crippen molar-refractivity contribution in [2.45, 2.75) is 46.1 Å². The van der Waals surface area contributed by atoms with Gasteiger partial charge in [-0.25, -0.2) is 4.98 Å². The molecule has 0 unspecified atom stereocenters. The van der Waals surface area contributed by atoms with Crippen LogP contribution in [-0.4, -0.2) is 22.1 Å². The number of carbonyl (C=O) groups is 1.